The van der Waals surface area contributed by atoms with Crippen LogP contribution in [0, 0.1) is 12.7 Å². The molecule has 108 valence electrons. The molecule has 0 saturated carbocycles. The van der Waals surface area contributed by atoms with Crippen molar-refractivity contribution in [3.8, 4) is 0 Å². The zero-order valence-corrected chi connectivity index (χ0v) is 10.7. The summed E-state index contributed by atoms with van der Waals surface area (Å²) in [7, 11) is 0. The number of aliphatic carboxylic acids is 1. The number of carboxylic acid groups (broad SMARTS) is 1. The summed E-state index contributed by atoms with van der Waals surface area (Å²) < 4.78 is 13.2. The molecule has 0 aromatic heterocycles. The molecule has 0 saturated heterocycles. The Morgan fingerprint density at radius 1 is 1.30 bits per heavy atom. The van der Waals surface area contributed by atoms with Crippen molar-refractivity contribution < 1.29 is 23.9 Å². The van der Waals surface area contributed by atoms with Gasteiger partial charge in [-0.25, -0.2) is 9.18 Å². The second-order valence-electron chi connectivity index (χ2n) is 4.16. The Morgan fingerprint density at radius 2 is 1.95 bits per heavy atom. The van der Waals surface area contributed by atoms with E-state index in [1.165, 1.54) is 12.1 Å². The summed E-state index contributed by atoms with van der Waals surface area (Å²) in [6.07, 6.45) is 0. The molecule has 3 amide bonds. The van der Waals surface area contributed by atoms with E-state index in [2.05, 4.69) is 5.32 Å². The first-order valence-corrected chi connectivity index (χ1v) is 5.61. The zero-order chi connectivity index (χ0) is 15.3. The van der Waals surface area contributed by atoms with Crippen LogP contribution in [0.4, 0.5) is 14.9 Å². The fourth-order valence-corrected chi connectivity index (χ4v) is 1.56. The first-order chi connectivity index (χ1) is 9.27. The predicted octanol–water partition coefficient (Wildman–Crippen LogP) is 0.538. The normalized spacial score (nSPS) is 9.90. The lowest BCUT2D eigenvalue weighted by molar-refractivity contribution is -0.137. The third kappa shape index (κ3) is 4.92. The van der Waals surface area contributed by atoms with E-state index in [9.17, 15) is 18.8 Å². The molecule has 8 heteroatoms. The van der Waals surface area contributed by atoms with Gasteiger partial charge in [-0.3, -0.25) is 9.59 Å². The van der Waals surface area contributed by atoms with Gasteiger partial charge in [0.15, 0.2) is 0 Å². The minimum Gasteiger partial charge on any atom is -0.480 e. The highest BCUT2D eigenvalue weighted by atomic mass is 19.1. The fraction of sp³-hybridized carbons (Fsp3) is 0.250. The summed E-state index contributed by atoms with van der Waals surface area (Å²) in [4.78, 5) is 34.0. The van der Waals surface area contributed by atoms with Crippen molar-refractivity contribution in [2.24, 2.45) is 5.73 Å². The van der Waals surface area contributed by atoms with Gasteiger partial charge in [-0.05, 0) is 30.7 Å². The molecule has 20 heavy (non-hydrogen) atoms. The number of aryl methyl sites for hydroxylation is 1. The number of carboxylic acids is 1. The van der Waals surface area contributed by atoms with Crippen LogP contribution in [0.25, 0.3) is 0 Å². The van der Waals surface area contributed by atoms with Gasteiger partial charge in [-0.15, -0.1) is 0 Å². The Labute approximate surface area is 114 Å². The number of hydrogen-bond donors (Lipinski definition) is 3. The van der Waals surface area contributed by atoms with Gasteiger partial charge in [0.25, 0.3) is 0 Å². The standard InChI is InChI=1S/C12H14FN3O4/c1-7-2-8(13)4-9(3-7)15-12(20)16(5-10(14)17)6-11(18)19/h2-4H,5-6H2,1H3,(H2,14,17)(H,15,20)(H,18,19). The number of carbonyl (C=O) groups is 3. The smallest absolute Gasteiger partial charge is 0.323 e. The average Bonchev–Trinajstić information content (AvgIpc) is 2.24. The third-order valence-electron chi connectivity index (χ3n) is 2.25. The van der Waals surface area contributed by atoms with Crippen molar-refractivity contribution in [3.63, 3.8) is 0 Å². The first-order valence-electron chi connectivity index (χ1n) is 5.61. The van der Waals surface area contributed by atoms with Gasteiger partial charge < -0.3 is 21.1 Å². The molecule has 0 heterocycles. The van der Waals surface area contributed by atoms with E-state index in [4.69, 9.17) is 10.8 Å². The predicted molar refractivity (Wildman–Crippen MR) is 68.6 cm³/mol. The summed E-state index contributed by atoms with van der Waals surface area (Å²) in [6.45, 7) is 0.396. The highest BCUT2D eigenvalue weighted by Crippen LogP contribution is 2.13. The summed E-state index contributed by atoms with van der Waals surface area (Å²) in [5, 5.41) is 11.0. The lowest BCUT2D eigenvalue weighted by atomic mass is 10.2. The topological polar surface area (TPSA) is 113 Å². The number of amides is 3. The van der Waals surface area contributed by atoms with Gasteiger partial charge in [0.05, 0.1) is 0 Å². The second-order valence-corrected chi connectivity index (χ2v) is 4.16. The van der Waals surface area contributed by atoms with E-state index in [-0.39, 0.29) is 5.69 Å². The number of urea groups is 1. The van der Waals surface area contributed by atoms with E-state index in [1.807, 2.05) is 0 Å². The molecule has 0 aliphatic rings. The molecule has 0 bridgehead atoms. The number of nitrogens with one attached hydrogen (secondary N) is 1. The lowest BCUT2D eigenvalue weighted by Crippen LogP contribution is -2.43. The molecule has 1 aromatic rings. The van der Waals surface area contributed by atoms with Crippen LogP contribution in [0.3, 0.4) is 0 Å². The van der Waals surface area contributed by atoms with E-state index in [0.717, 1.165) is 6.07 Å². The van der Waals surface area contributed by atoms with Gasteiger partial charge in [0.1, 0.15) is 18.9 Å². The maximum atomic E-state index is 13.2. The Morgan fingerprint density at radius 3 is 2.45 bits per heavy atom. The van der Waals surface area contributed by atoms with Crippen LogP contribution in [0.2, 0.25) is 0 Å². The van der Waals surface area contributed by atoms with E-state index < -0.39 is 36.8 Å². The monoisotopic (exact) mass is 283 g/mol. The van der Waals surface area contributed by atoms with Gasteiger partial charge in [0, 0.05) is 5.69 Å². The Hall–Kier alpha value is -2.64. The molecular weight excluding hydrogens is 269 g/mol. The minimum absolute atomic E-state index is 0.160. The Balaban J connectivity index is 2.83. The molecule has 0 aliphatic carbocycles. The highest BCUT2D eigenvalue weighted by molar-refractivity contribution is 5.94. The molecule has 1 rings (SSSR count). The molecular formula is C12H14FN3O4. The zero-order valence-electron chi connectivity index (χ0n) is 10.7. The fourth-order valence-electron chi connectivity index (χ4n) is 1.56. The number of nitrogens with two attached hydrogens (primary N) is 1. The van der Waals surface area contributed by atoms with Crippen molar-refractivity contribution in [1.82, 2.24) is 4.90 Å². The lowest BCUT2D eigenvalue weighted by Gasteiger charge is -2.19. The number of halogens is 1. The van der Waals surface area contributed by atoms with E-state index in [0.29, 0.717) is 10.5 Å². The number of rotatable bonds is 5. The summed E-state index contributed by atoms with van der Waals surface area (Å²) in [5.74, 6) is -2.69. The van der Waals surface area contributed by atoms with Crippen molar-refractivity contribution in [2.75, 3.05) is 18.4 Å². The quantitative estimate of drug-likeness (QED) is 0.731. The first kappa shape index (κ1) is 15.4. The number of carbonyl (C=O) groups excluding carboxylic acids is 2. The van der Waals surface area contributed by atoms with Gasteiger partial charge >= 0.3 is 12.0 Å². The van der Waals surface area contributed by atoms with E-state index in [1.54, 1.807) is 6.92 Å². The van der Waals surface area contributed by atoms with Gasteiger partial charge in [0.2, 0.25) is 5.91 Å². The molecule has 7 nitrogen and oxygen atoms in total. The summed E-state index contributed by atoms with van der Waals surface area (Å²) in [6, 6.07) is 3.00. The number of hydrogen-bond acceptors (Lipinski definition) is 3. The molecule has 1 aromatic carbocycles. The van der Waals surface area contributed by atoms with E-state index >= 15 is 0 Å². The number of primary amides is 1. The number of nitrogens with zero attached hydrogens (tertiary/aromatic N) is 1. The van der Waals surface area contributed by atoms with Crippen LogP contribution in [-0.4, -0.2) is 41.0 Å². The van der Waals surface area contributed by atoms with Crippen LogP contribution in [0.1, 0.15) is 5.56 Å². The van der Waals surface area contributed by atoms with Crippen molar-refractivity contribution >= 4 is 23.6 Å². The number of anilines is 1. The second kappa shape index (κ2) is 6.50. The SMILES string of the molecule is Cc1cc(F)cc(NC(=O)N(CC(N)=O)CC(=O)O)c1. The van der Waals surface area contributed by atoms with Crippen LogP contribution in [0.5, 0.6) is 0 Å². The van der Waals surface area contributed by atoms with Gasteiger partial charge in [-0.2, -0.15) is 0 Å². The molecule has 0 aliphatic heterocycles. The van der Waals surface area contributed by atoms with Crippen LogP contribution in [0.15, 0.2) is 18.2 Å². The average molecular weight is 283 g/mol. The summed E-state index contributed by atoms with van der Waals surface area (Å²) >= 11 is 0. The molecule has 4 N–H and O–H groups in total. The Kier molecular flexibility index (Phi) is 5.01. The number of benzene rings is 1. The summed E-state index contributed by atoms with van der Waals surface area (Å²) in [5.41, 5.74) is 5.68. The molecule has 0 atom stereocenters. The van der Waals surface area contributed by atoms with Crippen LogP contribution < -0.4 is 11.1 Å². The Bertz CT molecular complexity index is 511. The third-order valence-corrected chi connectivity index (χ3v) is 2.25. The van der Waals surface area contributed by atoms with Crippen LogP contribution >= 0.6 is 0 Å². The minimum atomic E-state index is -1.29. The molecule has 0 spiro atoms. The van der Waals surface area contributed by atoms with Crippen molar-refractivity contribution in [2.45, 2.75) is 6.92 Å². The van der Waals surface area contributed by atoms with Crippen LogP contribution in [-0.2, 0) is 9.59 Å². The maximum Gasteiger partial charge on any atom is 0.323 e. The van der Waals surface area contributed by atoms with Crippen molar-refractivity contribution in [3.05, 3.63) is 29.6 Å². The molecule has 0 fully saturated rings. The van der Waals surface area contributed by atoms with Crippen molar-refractivity contribution in [1.29, 1.82) is 0 Å². The highest BCUT2D eigenvalue weighted by Gasteiger charge is 2.19. The maximum absolute atomic E-state index is 13.2. The molecule has 0 unspecified atom stereocenters. The largest absolute Gasteiger partial charge is 0.480 e. The van der Waals surface area contributed by atoms with Gasteiger partial charge in [-0.1, -0.05) is 0 Å². The molecule has 0 radical (unpaired) electrons.